The first kappa shape index (κ1) is 22.2. The molecule has 0 aliphatic rings. The molecule has 31 heavy (non-hydrogen) atoms. The van der Waals surface area contributed by atoms with Crippen molar-refractivity contribution in [3.8, 4) is 11.3 Å². The average Bonchev–Trinajstić information content (AvgIpc) is 2.71. The Hall–Kier alpha value is -3.46. The summed E-state index contributed by atoms with van der Waals surface area (Å²) >= 11 is 1.10. The Bertz CT molecular complexity index is 1190. The van der Waals surface area contributed by atoms with Crippen molar-refractivity contribution in [1.82, 2.24) is 15.2 Å². The van der Waals surface area contributed by atoms with Crippen molar-refractivity contribution < 1.29 is 9.59 Å². The van der Waals surface area contributed by atoms with E-state index in [0.29, 0.717) is 11.3 Å². The number of thioether (sulfide) groups is 1. The monoisotopic (exact) mass is 437 g/mol. The molecule has 1 atom stereocenters. The molecule has 0 saturated heterocycles. The third-order valence-corrected chi connectivity index (χ3v) is 5.54. The lowest BCUT2D eigenvalue weighted by Gasteiger charge is -2.13. The van der Waals surface area contributed by atoms with Gasteiger partial charge in [0.1, 0.15) is 0 Å². The van der Waals surface area contributed by atoms with Crippen LogP contribution in [0.1, 0.15) is 25.0 Å². The van der Waals surface area contributed by atoms with E-state index in [0.717, 1.165) is 28.6 Å². The molecule has 160 valence electrons. The van der Waals surface area contributed by atoms with Crippen molar-refractivity contribution in [2.24, 2.45) is 0 Å². The number of amides is 2. The Morgan fingerprint density at radius 1 is 1.00 bits per heavy atom. The largest absolute Gasteiger partial charge is 0.325 e. The minimum absolute atomic E-state index is 0.0915. The van der Waals surface area contributed by atoms with E-state index in [9.17, 15) is 14.4 Å². The second-order valence-electron chi connectivity index (χ2n) is 7.05. The highest BCUT2D eigenvalue weighted by Gasteiger charge is 2.19. The number of H-pyrrole nitrogens is 1. The maximum absolute atomic E-state index is 12.7. The van der Waals surface area contributed by atoms with Crippen LogP contribution < -0.4 is 16.2 Å². The molecule has 0 bridgehead atoms. The van der Waals surface area contributed by atoms with Crippen molar-refractivity contribution >= 4 is 35.0 Å². The summed E-state index contributed by atoms with van der Waals surface area (Å²) in [5.41, 5.74) is 3.12. The van der Waals surface area contributed by atoms with Gasteiger partial charge >= 0.3 is 0 Å². The highest BCUT2D eigenvalue weighted by molar-refractivity contribution is 8.00. The van der Waals surface area contributed by atoms with Crippen LogP contribution in [0.2, 0.25) is 0 Å². The summed E-state index contributed by atoms with van der Waals surface area (Å²) < 4.78 is 0. The minimum Gasteiger partial charge on any atom is -0.325 e. The Morgan fingerprint density at radius 3 is 2.39 bits per heavy atom. The van der Waals surface area contributed by atoms with Gasteiger partial charge in [0.25, 0.3) is 5.56 Å². The summed E-state index contributed by atoms with van der Waals surface area (Å²) in [7, 11) is 0. The third kappa shape index (κ3) is 5.37. The molecule has 0 aliphatic carbocycles. The third-order valence-electron chi connectivity index (χ3n) is 4.57. The maximum Gasteiger partial charge on any atom is 0.278 e. The molecule has 1 aromatic heterocycles. The highest BCUT2D eigenvalue weighted by Crippen LogP contribution is 2.28. The fraction of sp³-hybridized carbons (Fsp3) is 0.227. The molecule has 2 aromatic carbocycles. The van der Waals surface area contributed by atoms with Gasteiger partial charge in [-0.3, -0.25) is 19.4 Å². The topological polar surface area (TPSA) is 117 Å². The van der Waals surface area contributed by atoms with E-state index in [1.807, 2.05) is 44.2 Å². The molecular weight excluding hydrogens is 414 g/mol. The summed E-state index contributed by atoms with van der Waals surface area (Å²) in [6, 6.07) is 12.8. The standard InChI is InChI=1S/C22H23N5O3S/c1-12-8-5-6-11-17(12)24-20(29)14(3)31-22-25-21(30)19(26-27-22)16-10-7-9-13(2)18(16)23-15(4)28/h5-11,14H,1-4H3,(H,23,28)(H,24,29)(H,25,27,30)/t14-/m1/s1. The number of hydrogen-bond acceptors (Lipinski definition) is 6. The summed E-state index contributed by atoms with van der Waals surface area (Å²) in [4.78, 5) is 39.4. The van der Waals surface area contributed by atoms with Crippen LogP contribution in [0.15, 0.2) is 52.4 Å². The Morgan fingerprint density at radius 2 is 1.71 bits per heavy atom. The zero-order valence-corrected chi connectivity index (χ0v) is 18.5. The predicted octanol–water partition coefficient (Wildman–Crippen LogP) is 3.53. The highest BCUT2D eigenvalue weighted by atomic mass is 32.2. The number of carbonyl (C=O) groups is 2. The fourth-order valence-corrected chi connectivity index (χ4v) is 3.67. The molecule has 8 nitrogen and oxygen atoms in total. The van der Waals surface area contributed by atoms with Gasteiger partial charge in [0, 0.05) is 18.2 Å². The van der Waals surface area contributed by atoms with Gasteiger partial charge in [0.15, 0.2) is 10.9 Å². The molecule has 1 heterocycles. The van der Waals surface area contributed by atoms with Crippen molar-refractivity contribution in [1.29, 1.82) is 0 Å². The first-order valence-corrected chi connectivity index (χ1v) is 10.5. The molecule has 0 spiro atoms. The quantitative estimate of drug-likeness (QED) is 0.508. The van der Waals surface area contributed by atoms with E-state index >= 15 is 0 Å². The van der Waals surface area contributed by atoms with Gasteiger partial charge in [-0.25, -0.2) is 0 Å². The minimum atomic E-state index is -0.510. The van der Waals surface area contributed by atoms with Crippen LogP contribution >= 0.6 is 11.8 Å². The summed E-state index contributed by atoms with van der Waals surface area (Å²) in [6.07, 6.45) is 0. The van der Waals surface area contributed by atoms with Gasteiger partial charge in [-0.15, -0.1) is 10.2 Å². The van der Waals surface area contributed by atoms with Crippen LogP contribution in [0.3, 0.4) is 0 Å². The zero-order valence-electron chi connectivity index (χ0n) is 17.6. The van der Waals surface area contributed by atoms with Crippen LogP contribution in [0, 0.1) is 13.8 Å². The van der Waals surface area contributed by atoms with E-state index in [1.165, 1.54) is 6.92 Å². The van der Waals surface area contributed by atoms with Gasteiger partial charge in [0.05, 0.1) is 10.9 Å². The van der Waals surface area contributed by atoms with E-state index < -0.39 is 10.8 Å². The number of aryl methyl sites for hydroxylation is 2. The van der Waals surface area contributed by atoms with Crippen LogP contribution in [-0.2, 0) is 9.59 Å². The number of rotatable bonds is 6. The first-order valence-electron chi connectivity index (χ1n) is 9.64. The van der Waals surface area contributed by atoms with E-state index in [1.54, 1.807) is 19.1 Å². The van der Waals surface area contributed by atoms with Crippen molar-refractivity contribution in [3.63, 3.8) is 0 Å². The number of aromatic nitrogens is 3. The van der Waals surface area contributed by atoms with Crippen LogP contribution in [-0.4, -0.2) is 32.2 Å². The van der Waals surface area contributed by atoms with Gasteiger partial charge in [-0.2, -0.15) is 0 Å². The van der Waals surface area contributed by atoms with Crippen LogP contribution in [0.4, 0.5) is 11.4 Å². The van der Waals surface area contributed by atoms with E-state index in [2.05, 4.69) is 25.8 Å². The Kier molecular flexibility index (Phi) is 6.86. The summed E-state index contributed by atoms with van der Waals surface area (Å²) in [5.74, 6) is -0.460. The molecule has 0 fully saturated rings. The molecule has 3 rings (SSSR count). The second-order valence-corrected chi connectivity index (χ2v) is 8.38. The lowest BCUT2D eigenvalue weighted by molar-refractivity contribution is -0.115. The molecule has 2 amide bonds. The Labute approximate surface area is 183 Å². The number of carbonyl (C=O) groups excluding carboxylic acids is 2. The van der Waals surface area contributed by atoms with Gasteiger partial charge in [-0.1, -0.05) is 48.2 Å². The summed E-state index contributed by atoms with van der Waals surface area (Å²) in [5, 5.41) is 13.5. The molecule has 0 unspecified atom stereocenters. The Balaban J connectivity index is 1.80. The number of nitrogens with one attached hydrogen (secondary N) is 3. The maximum atomic E-state index is 12.7. The normalized spacial score (nSPS) is 11.6. The number of nitrogens with zero attached hydrogens (tertiary/aromatic N) is 2. The first-order chi connectivity index (χ1) is 14.8. The molecule has 3 N–H and O–H groups in total. The van der Waals surface area contributed by atoms with Gasteiger partial charge in [-0.05, 0) is 38.0 Å². The van der Waals surface area contributed by atoms with Crippen LogP contribution in [0.25, 0.3) is 11.3 Å². The average molecular weight is 438 g/mol. The van der Waals surface area contributed by atoms with Crippen molar-refractivity contribution in [3.05, 3.63) is 63.9 Å². The predicted molar refractivity (Wildman–Crippen MR) is 122 cm³/mol. The lowest BCUT2D eigenvalue weighted by Crippen LogP contribution is -2.24. The number of benzene rings is 2. The van der Waals surface area contributed by atoms with Crippen LogP contribution in [0.5, 0.6) is 0 Å². The SMILES string of the molecule is CC(=O)Nc1c(C)cccc1-c1nnc(S[C@H](C)C(=O)Nc2ccccc2C)[nH]c1=O. The summed E-state index contributed by atoms with van der Waals surface area (Å²) in [6.45, 7) is 6.86. The molecule has 9 heteroatoms. The van der Waals surface area contributed by atoms with E-state index in [4.69, 9.17) is 0 Å². The molecule has 0 aliphatic heterocycles. The van der Waals surface area contributed by atoms with Crippen molar-refractivity contribution in [2.75, 3.05) is 10.6 Å². The smallest absolute Gasteiger partial charge is 0.278 e. The van der Waals surface area contributed by atoms with Crippen molar-refractivity contribution in [2.45, 2.75) is 38.1 Å². The number of hydrogen-bond donors (Lipinski definition) is 3. The number of aromatic amines is 1. The number of para-hydroxylation sites is 2. The lowest BCUT2D eigenvalue weighted by atomic mass is 10.1. The van der Waals surface area contributed by atoms with Gasteiger partial charge < -0.3 is 10.6 Å². The fourth-order valence-electron chi connectivity index (χ4n) is 2.93. The molecular formula is C22H23N5O3S. The second kappa shape index (κ2) is 9.57. The molecule has 3 aromatic rings. The van der Waals surface area contributed by atoms with Gasteiger partial charge in [0.2, 0.25) is 11.8 Å². The molecule has 0 saturated carbocycles. The van der Waals surface area contributed by atoms with E-state index in [-0.39, 0.29) is 22.7 Å². The zero-order chi connectivity index (χ0) is 22.5. The molecule has 0 radical (unpaired) electrons. The number of anilines is 2.